The molecule has 14 nitrogen and oxygen atoms in total. The zero-order valence-corrected chi connectivity index (χ0v) is 13.4. The second-order valence-corrected chi connectivity index (χ2v) is 4.43. The number of carboxylic acid groups (broad SMARTS) is 3. The van der Waals surface area contributed by atoms with Crippen molar-refractivity contribution < 1.29 is 29.7 Å². The van der Waals surface area contributed by atoms with E-state index in [2.05, 4.69) is 16.8 Å². The molecule has 0 bridgehead atoms. The minimum atomic E-state index is -1.29. The number of carbonyl (C=O) groups is 3. The van der Waals surface area contributed by atoms with Gasteiger partial charge in [-0.2, -0.15) is 0 Å². The molecule has 14 heteroatoms. The lowest BCUT2D eigenvalue weighted by molar-refractivity contribution is -0.144. The van der Waals surface area contributed by atoms with Gasteiger partial charge in [-0.3, -0.25) is 25.2 Å². The van der Waals surface area contributed by atoms with Gasteiger partial charge in [0.15, 0.2) is 11.9 Å². The first kappa shape index (κ1) is 26.8. The molecule has 0 spiro atoms. The molecule has 2 unspecified atom stereocenters. The third-order valence-corrected chi connectivity index (χ3v) is 2.04. The van der Waals surface area contributed by atoms with Crippen LogP contribution >= 0.6 is 0 Å². The summed E-state index contributed by atoms with van der Waals surface area (Å²) in [5, 5.41) is 39.8. The molecule has 0 aliphatic rings. The zero-order valence-electron chi connectivity index (χ0n) is 13.4. The van der Waals surface area contributed by atoms with Crippen molar-refractivity contribution in [1.82, 2.24) is 5.32 Å². The summed E-state index contributed by atoms with van der Waals surface area (Å²) in [6.45, 7) is 0.482. The Kier molecular flexibility index (Phi) is 16.9. The van der Waals surface area contributed by atoms with E-state index in [9.17, 15) is 14.4 Å². The van der Waals surface area contributed by atoms with Gasteiger partial charge in [-0.1, -0.05) is 0 Å². The predicted molar refractivity (Wildman–Crippen MR) is 88.7 cm³/mol. The van der Waals surface area contributed by atoms with Gasteiger partial charge in [0.1, 0.15) is 12.1 Å². The second kappa shape index (κ2) is 15.8. The number of nitrogens with one attached hydrogen (secondary N) is 3. The lowest BCUT2D eigenvalue weighted by atomic mass is 10.2. The first-order valence-electron chi connectivity index (χ1n) is 6.67. The molecule has 0 aliphatic heterocycles. The van der Waals surface area contributed by atoms with E-state index in [1.165, 1.54) is 0 Å². The van der Waals surface area contributed by atoms with Crippen LogP contribution in [0.15, 0.2) is 0 Å². The van der Waals surface area contributed by atoms with Gasteiger partial charge in [-0.25, -0.2) is 0 Å². The van der Waals surface area contributed by atoms with Crippen molar-refractivity contribution in [3.05, 3.63) is 0 Å². The lowest BCUT2D eigenvalue weighted by Crippen LogP contribution is -2.34. The Balaban J connectivity index is -0.000000328. The van der Waals surface area contributed by atoms with E-state index in [4.69, 9.17) is 43.3 Å². The van der Waals surface area contributed by atoms with Gasteiger partial charge < -0.3 is 49.3 Å². The van der Waals surface area contributed by atoms with Crippen molar-refractivity contribution >= 4 is 29.8 Å². The highest BCUT2D eigenvalue weighted by molar-refractivity contribution is 5.80. The summed E-state index contributed by atoms with van der Waals surface area (Å²) in [4.78, 5) is 29.8. The van der Waals surface area contributed by atoms with Gasteiger partial charge in [-0.05, 0) is 12.8 Å². The Morgan fingerprint density at radius 2 is 1.32 bits per heavy atom. The van der Waals surface area contributed by atoms with Gasteiger partial charge in [0, 0.05) is 6.54 Å². The average Bonchev–Trinajstić information content (AvgIpc) is 2.42. The summed E-state index contributed by atoms with van der Waals surface area (Å²) in [6.07, 6.45) is 0.442. The topological polar surface area (TPSA) is 302 Å². The van der Waals surface area contributed by atoms with Crippen LogP contribution in [0.2, 0.25) is 0 Å². The summed E-state index contributed by atoms with van der Waals surface area (Å²) in [6, 6.07) is -2.11. The van der Waals surface area contributed by atoms with Crippen molar-refractivity contribution in [2.75, 3.05) is 6.54 Å². The van der Waals surface area contributed by atoms with Gasteiger partial charge >= 0.3 is 17.9 Å². The molecule has 25 heavy (non-hydrogen) atoms. The highest BCUT2D eigenvalue weighted by Crippen LogP contribution is 1.92. The third-order valence-electron chi connectivity index (χ3n) is 2.04. The minimum absolute atomic E-state index is 0.112. The predicted octanol–water partition coefficient (Wildman–Crippen LogP) is -3.63. The molecule has 0 fully saturated rings. The van der Waals surface area contributed by atoms with Crippen molar-refractivity contribution in [1.29, 1.82) is 10.8 Å². The summed E-state index contributed by atoms with van der Waals surface area (Å²) in [7, 11) is 0. The summed E-state index contributed by atoms with van der Waals surface area (Å²) < 4.78 is 0. The minimum Gasteiger partial charge on any atom is -0.481 e. The molecule has 0 saturated carbocycles. The Bertz CT molecular complexity index is 454. The number of rotatable bonds is 8. The lowest BCUT2D eigenvalue weighted by Gasteiger charge is -2.06. The van der Waals surface area contributed by atoms with E-state index in [-0.39, 0.29) is 11.9 Å². The fraction of sp³-hybridized carbons (Fsp3) is 0.545. The molecule has 146 valence electrons. The van der Waals surface area contributed by atoms with Gasteiger partial charge in [0.25, 0.3) is 0 Å². The highest BCUT2D eigenvalue weighted by Gasteiger charge is 2.14. The Labute approximate surface area is 143 Å². The van der Waals surface area contributed by atoms with Crippen LogP contribution in [0.1, 0.15) is 19.3 Å². The SMILES string of the molecule is N=C(N)N.N=C(N)NCCCC(N)C(=O)O.NC(CC(=O)O)C(=O)O. The molecule has 0 aromatic carbocycles. The second-order valence-electron chi connectivity index (χ2n) is 4.43. The highest BCUT2D eigenvalue weighted by atomic mass is 16.4. The number of aliphatic carboxylic acids is 3. The molecule has 0 heterocycles. The molecule has 0 aliphatic carbocycles. The van der Waals surface area contributed by atoms with Crippen LogP contribution in [0.4, 0.5) is 0 Å². The van der Waals surface area contributed by atoms with Crippen molar-refractivity contribution in [3.8, 4) is 0 Å². The maximum Gasteiger partial charge on any atom is 0.321 e. The Hall–Kier alpha value is -3.13. The first-order chi connectivity index (χ1) is 11.3. The van der Waals surface area contributed by atoms with Crippen molar-refractivity contribution in [2.24, 2.45) is 28.7 Å². The summed E-state index contributed by atoms with van der Waals surface area (Å²) in [5.41, 5.74) is 24.0. The van der Waals surface area contributed by atoms with Crippen molar-refractivity contribution in [2.45, 2.75) is 31.3 Å². The Morgan fingerprint density at radius 3 is 1.56 bits per heavy atom. The smallest absolute Gasteiger partial charge is 0.321 e. The maximum absolute atomic E-state index is 10.2. The molecule has 0 aromatic rings. The van der Waals surface area contributed by atoms with Crippen LogP contribution in [-0.2, 0) is 14.4 Å². The molecule has 16 N–H and O–H groups in total. The molecule has 0 radical (unpaired) electrons. The van der Waals surface area contributed by atoms with Gasteiger partial charge in [-0.15, -0.1) is 0 Å². The number of carboxylic acids is 3. The monoisotopic (exact) mass is 366 g/mol. The number of hydrogen-bond donors (Lipinski definition) is 11. The normalized spacial score (nSPS) is 11.3. The number of guanidine groups is 2. The van der Waals surface area contributed by atoms with Crippen LogP contribution in [0.3, 0.4) is 0 Å². The standard InChI is InChI=1S/C6H14N4O2.C4H7NO4.CH5N3/c7-4(5(11)12)2-1-3-10-6(8)9;5-2(4(8)9)1-3(6)7;2-1(3)4/h4H,1-3,7H2,(H,11,12)(H4,8,9,10);2H,1,5H2,(H,6,7)(H,8,9);(H5,2,3,4). The zero-order chi connectivity index (χ0) is 20.6. The van der Waals surface area contributed by atoms with Gasteiger partial charge in [0.05, 0.1) is 6.42 Å². The van der Waals surface area contributed by atoms with E-state index in [0.29, 0.717) is 19.4 Å². The van der Waals surface area contributed by atoms with Gasteiger partial charge in [0.2, 0.25) is 0 Å². The van der Waals surface area contributed by atoms with Crippen LogP contribution in [-0.4, -0.2) is 63.8 Å². The van der Waals surface area contributed by atoms with Crippen LogP contribution in [0.5, 0.6) is 0 Å². The van der Waals surface area contributed by atoms with E-state index in [1.807, 2.05) is 0 Å². The third kappa shape index (κ3) is 29.5. The van der Waals surface area contributed by atoms with E-state index < -0.39 is 36.4 Å². The number of hydrogen-bond acceptors (Lipinski definition) is 7. The number of nitrogens with two attached hydrogens (primary N) is 5. The Morgan fingerprint density at radius 1 is 0.920 bits per heavy atom. The van der Waals surface area contributed by atoms with E-state index in [1.54, 1.807) is 0 Å². The van der Waals surface area contributed by atoms with Crippen LogP contribution in [0, 0.1) is 10.8 Å². The molecule has 0 amide bonds. The molecular weight excluding hydrogens is 340 g/mol. The quantitative estimate of drug-likeness (QED) is 0.113. The largest absolute Gasteiger partial charge is 0.481 e. The maximum atomic E-state index is 10.2. The molecule has 2 atom stereocenters. The molecular formula is C11H26N8O6. The van der Waals surface area contributed by atoms with E-state index >= 15 is 0 Å². The van der Waals surface area contributed by atoms with E-state index in [0.717, 1.165) is 0 Å². The van der Waals surface area contributed by atoms with Crippen LogP contribution < -0.4 is 34.0 Å². The summed E-state index contributed by atoms with van der Waals surface area (Å²) >= 11 is 0. The molecule has 0 saturated heterocycles. The fourth-order valence-corrected chi connectivity index (χ4v) is 0.944. The average molecular weight is 366 g/mol. The molecule has 0 rings (SSSR count). The van der Waals surface area contributed by atoms with Crippen molar-refractivity contribution in [3.63, 3.8) is 0 Å². The summed E-state index contributed by atoms with van der Waals surface area (Å²) in [5.74, 6) is -3.95. The van der Waals surface area contributed by atoms with Crippen LogP contribution in [0.25, 0.3) is 0 Å². The molecule has 0 aromatic heterocycles. The first-order valence-corrected chi connectivity index (χ1v) is 6.67. The fourth-order valence-electron chi connectivity index (χ4n) is 0.944.